The van der Waals surface area contributed by atoms with Crippen LogP contribution in [0.2, 0.25) is 0 Å². The van der Waals surface area contributed by atoms with Crippen LogP contribution < -0.4 is 0 Å². The molecule has 0 aromatic heterocycles. The minimum atomic E-state index is -3.64. The molecule has 0 radical (unpaired) electrons. The quantitative estimate of drug-likeness (QED) is 0.290. The molecule has 0 bridgehead atoms. The van der Waals surface area contributed by atoms with E-state index in [1.54, 1.807) is 6.07 Å². The molecule has 0 spiro atoms. The van der Waals surface area contributed by atoms with Crippen LogP contribution in [0, 0.1) is 17.7 Å². The van der Waals surface area contributed by atoms with Gasteiger partial charge in [0, 0.05) is 0 Å². The molecule has 0 amide bonds. The van der Waals surface area contributed by atoms with Crippen LogP contribution in [0.1, 0.15) is 125 Å². The van der Waals surface area contributed by atoms with Crippen LogP contribution in [0.25, 0.3) is 0 Å². The van der Waals surface area contributed by atoms with Crippen molar-refractivity contribution >= 4 is 0 Å². The topological polar surface area (TPSA) is 9.23 Å². The fourth-order valence-electron chi connectivity index (χ4n) is 6.74. The standard InChI is InChI=1S/C33H45F3O/c1-3-5-24-7-13-27(14-8-24)28-15-11-26(12-16-28)21-22-37-33(35,36)31-20-19-30(23-32(31)34)29-17-9-25(6-4-2)10-18-29/h11-12,15-16,19-20,23-25,27,29H,3-10,13-14,17-18,21-22H2,1-2H3. The lowest BCUT2D eigenvalue weighted by Gasteiger charge is -2.29. The largest absolute Gasteiger partial charge is 0.386 e. The number of halogens is 3. The van der Waals surface area contributed by atoms with Gasteiger partial charge in [0.05, 0.1) is 12.2 Å². The van der Waals surface area contributed by atoms with Crippen molar-refractivity contribution in [2.75, 3.05) is 6.61 Å². The first-order valence-electron chi connectivity index (χ1n) is 14.8. The van der Waals surface area contributed by atoms with Crippen molar-refractivity contribution in [2.24, 2.45) is 11.8 Å². The van der Waals surface area contributed by atoms with Gasteiger partial charge in [-0.1, -0.05) is 69.9 Å². The van der Waals surface area contributed by atoms with Gasteiger partial charge in [0.2, 0.25) is 0 Å². The molecular formula is C33H45F3O. The first kappa shape index (κ1) is 28.2. The molecule has 0 unspecified atom stereocenters. The predicted octanol–water partition coefficient (Wildman–Crippen LogP) is 10.3. The third kappa shape index (κ3) is 7.62. The van der Waals surface area contributed by atoms with E-state index in [4.69, 9.17) is 4.74 Å². The Bertz CT molecular complexity index is 954. The molecule has 37 heavy (non-hydrogen) atoms. The van der Waals surface area contributed by atoms with Gasteiger partial charge < -0.3 is 4.74 Å². The van der Waals surface area contributed by atoms with E-state index in [-0.39, 0.29) is 12.5 Å². The van der Waals surface area contributed by atoms with Crippen LogP contribution in [0.3, 0.4) is 0 Å². The summed E-state index contributed by atoms with van der Waals surface area (Å²) in [6.45, 7) is 4.31. The molecule has 204 valence electrons. The highest BCUT2D eigenvalue weighted by Gasteiger charge is 2.36. The van der Waals surface area contributed by atoms with Gasteiger partial charge in [-0.05, 0) is 110 Å². The van der Waals surface area contributed by atoms with Crippen molar-refractivity contribution in [1.29, 1.82) is 0 Å². The number of ether oxygens (including phenoxy) is 1. The molecule has 0 atom stereocenters. The molecule has 0 N–H and O–H groups in total. The first-order valence-corrected chi connectivity index (χ1v) is 14.8. The van der Waals surface area contributed by atoms with Gasteiger partial charge in [-0.15, -0.1) is 0 Å². The molecule has 4 heteroatoms. The maximum absolute atomic E-state index is 14.8. The summed E-state index contributed by atoms with van der Waals surface area (Å²) in [5.74, 6) is 1.65. The summed E-state index contributed by atoms with van der Waals surface area (Å²) >= 11 is 0. The second-order valence-electron chi connectivity index (χ2n) is 11.6. The van der Waals surface area contributed by atoms with Crippen molar-refractivity contribution in [2.45, 2.75) is 115 Å². The van der Waals surface area contributed by atoms with Crippen LogP contribution in [0.4, 0.5) is 13.2 Å². The molecule has 0 saturated heterocycles. The summed E-state index contributed by atoms with van der Waals surface area (Å²) in [4.78, 5) is 0. The number of hydrogen-bond donors (Lipinski definition) is 0. The molecule has 2 aliphatic carbocycles. The smallest absolute Gasteiger partial charge is 0.316 e. The summed E-state index contributed by atoms with van der Waals surface area (Å²) in [5, 5.41) is 0. The molecule has 1 nitrogen and oxygen atoms in total. The van der Waals surface area contributed by atoms with Crippen LogP contribution in [-0.4, -0.2) is 6.61 Å². The predicted molar refractivity (Wildman–Crippen MR) is 146 cm³/mol. The van der Waals surface area contributed by atoms with E-state index in [2.05, 4.69) is 26.0 Å². The number of alkyl halides is 2. The van der Waals surface area contributed by atoms with Crippen molar-refractivity contribution in [1.82, 2.24) is 0 Å². The zero-order valence-corrected chi connectivity index (χ0v) is 22.8. The van der Waals surface area contributed by atoms with Gasteiger partial charge in [-0.3, -0.25) is 0 Å². The van der Waals surface area contributed by atoms with Crippen molar-refractivity contribution in [3.05, 3.63) is 70.5 Å². The van der Waals surface area contributed by atoms with E-state index >= 15 is 0 Å². The second kappa shape index (κ2) is 13.3. The molecular weight excluding hydrogens is 469 g/mol. The van der Waals surface area contributed by atoms with E-state index in [1.165, 1.54) is 69.1 Å². The first-order chi connectivity index (χ1) is 17.9. The lowest BCUT2D eigenvalue weighted by molar-refractivity contribution is -0.249. The highest BCUT2D eigenvalue weighted by Crippen LogP contribution is 2.40. The summed E-state index contributed by atoms with van der Waals surface area (Å²) in [6, 6.07) is 12.6. The molecule has 2 aromatic carbocycles. The maximum Gasteiger partial charge on any atom is 0.386 e. The van der Waals surface area contributed by atoms with E-state index in [1.807, 2.05) is 12.1 Å². The fourth-order valence-corrected chi connectivity index (χ4v) is 6.74. The van der Waals surface area contributed by atoms with Gasteiger partial charge in [0.25, 0.3) is 0 Å². The Labute approximate surface area is 222 Å². The monoisotopic (exact) mass is 514 g/mol. The average Bonchev–Trinajstić information content (AvgIpc) is 2.90. The van der Waals surface area contributed by atoms with Crippen LogP contribution >= 0.6 is 0 Å². The summed E-state index contributed by atoms with van der Waals surface area (Å²) < 4.78 is 49.2. The van der Waals surface area contributed by atoms with E-state index < -0.39 is 17.5 Å². The molecule has 0 aliphatic heterocycles. The molecule has 2 aliphatic rings. The zero-order chi connectivity index (χ0) is 26.3. The third-order valence-corrected chi connectivity index (χ3v) is 8.99. The Kier molecular flexibility index (Phi) is 10.1. The Morgan fingerprint density at radius 3 is 1.76 bits per heavy atom. The minimum Gasteiger partial charge on any atom is -0.316 e. The van der Waals surface area contributed by atoms with Gasteiger partial charge in [0.1, 0.15) is 5.82 Å². The third-order valence-electron chi connectivity index (χ3n) is 8.99. The molecule has 2 aromatic rings. The van der Waals surface area contributed by atoms with Gasteiger partial charge in [-0.25, -0.2) is 4.39 Å². The summed E-state index contributed by atoms with van der Waals surface area (Å²) in [6.07, 6.45) is 11.2. The zero-order valence-electron chi connectivity index (χ0n) is 22.8. The Morgan fingerprint density at radius 1 is 0.730 bits per heavy atom. The van der Waals surface area contributed by atoms with Gasteiger partial charge in [0.15, 0.2) is 0 Å². The molecule has 2 fully saturated rings. The number of rotatable bonds is 11. The number of benzene rings is 2. The Hall–Kier alpha value is -1.81. The Balaban J connectivity index is 1.26. The van der Waals surface area contributed by atoms with E-state index in [9.17, 15) is 13.2 Å². The van der Waals surface area contributed by atoms with Crippen LogP contribution in [0.5, 0.6) is 0 Å². The average molecular weight is 515 g/mol. The summed E-state index contributed by atoms with van der Waals surface area (Å²) in [5.41, 5.74) is 2.50. The number of hydrogen-bond acceptors (Lipinski definition) is 1. The van der Waals surface area contributed by atoms with Crippen molar-refractivity contribution in [3.8, 4) is 0 Å². The molecule has 0 heterocycles. The fraction of sp³-hybridized carbons (Fsp3) is 0.636. The lowest BCUT2D eigenvalue weighted by Crippen LogP contribution is -2.22. The van der Waals surface area contributed by atoms with E-state index in [0.717, 1.165) is 48.6 Å². The maximum atomic E-state index is 14.8. The Morgan fingerprint density at radius 2 is 1.24 bits per heavy atom. The van der Waals surface area contributed by atoms with Crippen molar-refractivity contribution in [3.63, 3.8) is 0 Å². The SMILES string of the molecule is CCCC1CCC(c2ccc(CCOC(F)(F)c3ccc(C4CCC(CCC)CC4)cc3F)cc2)CC1. The highest BCUT2D eigenvalue weighted by atomic mass is 19.3. The second-order valence-corrected chi connectivity index (χ2v) is 11.6. The molecule has 4 rings (SSSR count). The highest BCUT2D eigenvalue weighted by molar-refractivity contribution is 5.29. The van der Waals surface area contributed by atoms with Crippen molar-refractivity contribution < 1.29 is 17.9 Å². The van der Waals surface area contributed by atoms with Gasteiger partial charge in [-0.2, -0.15) is 8.78 Å². The van der Waals surface area contributed by atoms with Crippen LogP contribution in [-0.2, 0) is 17.3 Å². The van der Waals surface area contributed by atoms with E-state index in [0.29, 0.717) is 12.3 Å². The summed E-state index contributed by atoms with van der Waals surface area (Å²) in [7, 11) is 0. The minimum absolute atomic E-state index is 0.156. The molecule has 2 saturated carbocycles. The lowest BCUT2D eigenvalue weighted by atomic mass is 9.77. The normalized spacial score (nSPS) is 24.8. The van der Waals surface area contributed by atoms with Gasteiger partial charge >= 0.3 is 6.11 Å². The van der Waals surface area contributed by atoms with Crippen LogP contribution in [0.15, 0.2) is 42.5 Å².